The van der Waals surface area contributed by atoms with Crippen molar-refractivity contribution >= 4 is 35.0 Å². The lowest BCUT2D eigenvalue weighted by Gasteiger charge is -2.12. The lowest BCUT2D eigenvalue weighted by atomic mass is 10.3. The van der Waals surface area contributed by atoms with Crippen molar-refractivity contribution in [2.45, 2.75) is 19.2 Å². The maximum absolute atomic E-state index is 5.34. The topological polar surface area (TPSA) is 20.7 Å². The van der Waals surface area contributed by atoms with E-state index in [4.69, 9.17) is 12.2 Å². The number of benzene rings is 1. The maximum Gasteiger partial charge on any atom is 0.179 e. The number of imidazole rings is 1. The van der Waals surface area contributed by atoms with Crippen LogP contribution in [0.4, 0.5) is 0 Å². The van der Waals surface area contributed by atoms with Gasteiger partial charge in [-0.2, -0.15) is 0 Å². The molecule has 1 aromatic heterocycles. The molecule has 0 saturated carbocycles. The summed E-state index contributed by atoms with van der Waals surface area (Å²) in [5, 5.41) is 0.388. The Balaban J connectivity index is 2.58. The molecule has 0 aliphatic heterocycles. The van der Waals surface area contributed by atoms with Crippen LogP contribution >= 0.6 is 24.0 Å². The lowest BCUT2D eigenvalue weighted by Crippen LogP contribution is -2.01. The Bertz CT molecular complexity index is 513. The third kappa shape index (κ3) is 1.96. The first-order valence-corrected chi connectivity index (χ1v) is 6.50. The summed E-state index contributed by atoms with van der Waals surface area (Å²) >= 11 is 7.23. The number of nitrogens with one attached hydrogen (secondary N) is 1. The molecule has 80 valence electrons. The van der Waals surface area contributed by atoms with Crippen molar-refractivity contribution in [1.29, 1.82) is 0 Å². The normalized spacial score (nSPS) is 13.2. The molecule has 1 aromatic carbocycles. The Morgan fingerprint density at radius 3 is 2.93 bits per heavy atom. The second-order valence-electron chi connectivity index (χ2n) is 3.37. The second kappa shape index (κ2) is 4.41. The van der Waals surface area contributed by atoms with Gasteiger partial charge in [0.2, 0.25) is 0 Å². The summed E-state index contributed by atoms with van der Waals surface area (Å²) in [6, 6.07) is 8.24. The Hall–Kier alpha value is -0.740. The van der Waals surface area contributed by atoms with Crippen LogP contribution in [0.1, 0.15) is 19.2 Å². The first kappa shape index (κ1) is 10.8. The number of aromatic amines is 1. The van der Waals surface area contributed by atoms with Gasteiger partial charge in [0.15, 0.2) is 4.77 Å². The van der Waals surface area contributed by atoms with Gasteiger partial charge in [0.25, 0.3) is 0 Å². The van der Waals surface area contributed by atoms with Gasteiger partial charge in [0.05, 0.1) is 16.4 Å². The molecule has 2 aromatic rings. The molecule has 0 spiro atoms. The number of H-pyrrole nitrogens is 1. The van der Waals surface area contributed by atoms with E-state index in [-0.39, 0.29) is 0 Å². The minimum atomic E-state index is 0.388. The van der Waals surface area contributed by atoms with Gasteiger partial charge in [0, 0.05) is 0 Å². The molecule has 0 bridgehead atoms. The van der Waals surface area contributed by atoms with E-state index in [9.17, 15) is 0 Å². The summed E-state index contributed by atoms with van der Waals surface area (Å²) < 4.78 is 2.99. The summed E-state index contributed by atoms with van der Waals surface area (Å²) in [6.07, 6.45) is 0. The molecule has 15 heavy (non-hydrogen) atoms. The van der Waals surface area contributed by atoms with E-state index < -0.39 is 0 Å². The molecule has 2 nitrogen and oxygen atoms in total. The second-order valence-corrected chi connectivity index (χ2v) is 5.35. The zero-order valence-corrected chi connectivity index (χ0v) is 10.5. The van der Waals surface area contributed by atoms with Gasteiger partial charge in [-0.25, -0.2) is 0 Å². The highest BCUT2D eigenvalue weighted by Crippen LogP contribution is 2.26. The van der Waals surface area contributed by atoms with Crippen molar-refractivity contribution in [2.24, 2.45) is 0 Å². The van der Waals surface area contributed by atoms with Crippen LogP contribution in [0.3, 0.4) is 0 Å². The summed E-state index contributed by atoms with van der Waals surface area (Å²) in [7, 11) is 0. The van der Waals surface area contributed by atoms with E-state index in [1.807, 2.05) is 23.9 Å². The van der Waals surface area contributed by atoms with Crippen molar-refractivity contribution in [3.05, 3.63) is 29.0 Å². The van der Waals surface area contributed by atoms with E-state index >= 15 is 0 Å². The molecule has 1 N–H and O–H groups in total. The third-order valence-electron chi connectivity index (χ3n) is 2.40. The average molecular weight is 238 g/mol. The van der Waals surface area contributed by atoms with Gasteiger partial charge in [0.1, 0.15) is 0 Å². The first-order valence-electron chi connectivity index (χ1n) is 5.05. The quantitative estimate of drug-likeness (QED) is 0.817. The highest BCUT2D eigenvalue weighted by Gasteiger charge is 2.09. The molecular formula is C11H14N2S2. The van der Waals surface area contributed by atoms with Crippen LogP contribution in [0.25, 0.3) is 11.0 Å². The van der Waals surface area contributed by atoms with Gasteiger partial charge in [-0.1, -0.05) is 19.1 Å². The zero-order valence-electron chi connectivity index (χ0n) is 8.86. The summed E-state index contributed by atoms with van der Waals surface area (Å²) in [5.74, 6) is 1.10. The van der Waals surface area contributed by atoms with Crippen molar-refractivity contribution in [1.82, 2.24) is 9.55 Å². The minimum absolute atomic E-state index is 0.388. The fourth-order valence-corrected chi connectivity index (χ4v) is 3.03. The predicted molar refractivity (Wildman–Crippen MR) is 70.0 cm³/mol. The Kier molecular flexibility index (Phi) is 3.17. The first-order chi connectivity index (χ1) is 7.24. The molecular weight excluding hydrogens is 224 g/mol. The van der Waals surface area contributed by atoms with Crippen LogP contribution < -0.4 is 0 Å². The highest BCUT2D eigenvalue weighted by molar-refractivity contribution is 7.99. The smallest absolute Gasteiger partial charge is 0.179 e. The Morgan fingerprint density at radius 1 is 1.47 bits per heavy atom. The van der Waals surface area contributed by atoms with E-state index in [1.54, 1.807) is 0 Å². The number of hydrogen-bond donors (Lipinski definition) is 1. The van der Waals surface area contributed by atoms with Crippen molar-refractivity contribution in [2.75, 3.05) is 5.75 Å². The minimum Gasteiger partial charge on any atom is -0.331 e. The van der Waals surface area contributed by atoms with Gasteiger partial charge in [-0.15, -0.1) is 11.8 Å². The third-order valence-corrected chi connectivity index (χ3v) is 3.72. The van der Waals surface area contributed by atoms with E-state index in [0.29, 0.717) is 5.37 Å². The number of nitrogens with zero attached hydrogens (tertiary/aromatic N) is 1. The van der Waals surface area contributed by atoms with Crippen LogP contribution in [-0.2, 0) is 0 Å². The van der Waals surface area contributed by atoms with Crippen LogP contribution in [-0.4, -0.2) is 15.3 Å². The van der Waals surface area contributed by atoms with Crippen molar-refractivity contribution in [3.8, 4) is 0 Å². The summed E-state index contributed by atoms with van der Waals surface area (Å²) in [6.45, 7) is 4.35. The maximum atomic E-state index is 5.34. The van der Waals surface area contributed by atoms with Crippen LogP contribution in [0, 0.1) is 4.77 Å². The molecule has 0 saturated heterocycles. The van der Waals surface area contributed by atoms with Crippen molar-refractivity contribution in [3.63, 3.8) is 0 Å². The molecule has 1 heterocycles. The Labute approximate surface area is 98.7 Å². The fourth-order valence-electron chi connectivity index (χ4n) is 1.75. The molecule has 0 aliphatic carbocycles. The number of thioether (sulfide) groups is 1. The van der Waals surface area contributed by atoms with E-state index in [1.165, 1.54) is 5.52 Å². The number of rotatable bonds is 3. The van der Waals surface area contributed by atoms with Gasteiger partial charge in [-0.05, 0) is 37.0 Å². The number of aromatic nitrogens is 2. The standard InChI is InChI=1S/C11H14N2S2/c1-3-15-8(2)13-10-7-5-4-6-9(10)12-11(13)14/h4-8H,3H2,1-2H3,(H,12,14). The number of fused-ring (bicyclic) bond motifs is 1. The molecule has 0 fully saturated rings. The average Bonchev–Trinajstić information content (AvgIpc) is 2.54. The molecule has 0 amide bonds. The molecule has 0 aliphatic rings. The highest BCUT2D eigenvalue weighted by atomic mass is 32.2. The van der Waals surface area contributed by atoms with E-state index in [0.717, 1.165) is 16.0 Å². The molecule has 2 rings (SSSR count). The fraction of sp³-hybridized carbons (Fsp3) is 0.364. The lowest BCUT2D eigenvalue weighted by molar-refractivity contribution is 0.751. The largest absolute Gasteiger partial charge is 0.331 e. The SMILES string of the molecule is CCSC(C)n1c(=S)[nH]c2ccccc21. The molecule has 0 radical (unpaired) electrons. The molecule has 4 heteroatoms. The summed E-state index contributed by atoms with van der Waals surface area (Å²) in [5.41, 5.74) is 2.31. The number of para-hydroxylation sites is 2. The zero-order chi connectivity index (χ0) is 10.8. The molecule has 1 unspecified atom stereocenters. The monoisotopic (exact) mass is 238 g/mol. The number of hydrogen-bond acceptors (Lipinski definition) is 2. The van der Waals surface area contributed by atoms with Gasteiger partial charge in [-0.3, -0.25) is 0 Å². The predicted octanol–water partition coefficient (Wildman–Crippen LogP) is 3.97. The Morgan fingerprint density at radius 2 is 2.20 bits per heavy atom. The van der Waals surface area contributed by atoms with Crippen LogP contribution in [0.2, 0.25) is 0 Å². The van der Waals surface area contributed by atoms with Crippen molar-refractivity contribution < 1.29 is 0 Å². The van der Waals surface area contributed by atoms with Crippen LogP contribution in [0.5, 0.6) is 0 Å². The summed E-state index contributed by atoms with van der Waals surface area (Å²) in [4.78, 5) is 3.23. The van der Waals surface area contributed by atoms with E-state index in [2.05, 4.69) is 35.5 Å². The van der Waals surface area contributed by atoms with Gasteiger partial charge >= 0.3 is 0 Å². The molecule has 1 atom stereocenters. The van der Waals surface area contributed by atoms with Gasteiger partial charge < -0.3 is 9.55 Å². The van der Waals surface area contributed by atoms with Crippen LogP contribution in [0.15, 0.2) is 24.3 Å².